The fraction of sp³-hybridized carbons (Fsp3) is 0.529. The fourth-order valence-corrected chi connectivity index (χ4v) is 3.72. The zero-order valence-corrected chi connectivity index (χ0v) is 15.0. The van der Waals surface area contributed by atoms with Crippen molar-refractivity contribution in [3.05, 3.63) is 29.8 Å². The van der Waals surface area contributed by atoms with E-state index in [1.807, 2.05) is 13.8 Å². The number of esters is 1. The first-order chi connectivity index (χ1) is 11.2. The normalized spacial score (nSPS) is 21.4. The highest BCUT2D eigenvalue weighted by atomic mass is 32.2. The number of carbonyl (C=O) groups excluding carboxylic acids is 2. The molecule has 24 heavy (non-hydrogen) atoms. The molecule has 0 aromatic heterocycles. The molecule has 7 heteroatoms. The zero-order valence-electron chi connectivity index (χ0n) is 14.2. The van der Waals surface area contributed by atoms with Crippen LogP contribution in [0, 0.1) is 0 Å². The Labute approximate surface area is 142 Å². The van der Waals surface area contributed by atoms with E-state index >= 15 is 0 Å². The summed E-state index contributed by atoms with van der Waals surface area (Å²) in [5.41, 5.74) is 0.116. The summed E-state index contributed by atoms with van der Waals surface area (Å²) in [7, 11) is -3.40. The molecule has 1 saturated heterocycles. The Balaban J connectivity index is 2.01. The minimum absolute atomic E-state index is 0.0431. The second-order valence-electron chi connectivity index (χ2n) is 6.31. The number of carbonyl (C=O) groups is 2. The first-order valence-corrected chi connectivity index (χ1v) is 9.87. The molecule has 1 aromatic rings. The lowest BCUT2D eigenvalue weighted by atomic mass is 9.97. The lowest BCUT2D eigenvalue weighted by molar-refractivity contribution is -0.140. The number of sulfone groups is 1. The summed E-state index contributed by atoms with van der Waals surface area (Å²) in [6.07, 6.45) is 4.05. The molecule has 0 aliphatic carbocycles. The highest BCUT2D eigenvalue weighted by Gasteiger charge is 2.29. The second kappa shape index (κ2) is 7.34. The van der Waals surface area contributed by atoms with Gasteiger partial charge in [0.05, 0.1) is 10.5 Å². The van der Waals surface area contributed by atoms with Crippen LogP contribution < -0.4 is 0 Å². The highest BCUT2D eigenvalue weighted by molar-refractivity contribution is 7.90. The van der Waals surface area contributed by atoms with Crippen molar-refractivity contribution in [1.29, 1.82) is 0 Å². The average Bonchev–Trinajstić information content (AvgIpc) is 2.51. The SMILES string of the molecule is C[C@@H]1CCC[C@H](C)N1C(=O)COC(=O)c1cccc(S(C)(=O)=O)c1. The van der Waals surface area contributed by atoms with Gasteiger partial charge in [0.15, 0.2) is 16.4 Å². The summed E-state index contributed by atoms with van der Waals surface area (Å²) < 4.78 is 28.2. The average molecular weight is 353 g/mol. The van der Waals surface area contributed by atoms with E-state index in [-0.39, 0.29) is 35.1 Å². The molecule has 0 unspecified atom stereocenters. The molecule has 0 bridgehead atoms. The van der Waals surface area contributed by atoms with Crippen LogP contribution in [0.4, 0.5) is 0 Å². The molecule has 1 heterocycles. The van der Waals surface area contributed by atoms with E-state index in [9.17, 15) is 18.0 Å². The molecular weight excluding hydrogens is 330 g/mol. The molecule has 0 spiro atoms. The van der Waals surface area contributed by atoms with Gasteiger partial charge in [0.2, 0.25) is 0 Å². The summed E-state index contributed by atoms with van der Waals surface area (Å²) in [6.45, 7) is 3.65. The van der Waals surface area contributed by atoms with Crippen molar-refractivity contribution in [3.63, 3.8) is 0 Å². The molecule has 0 radical (unpaired) electrons. The molecule has 0 saturated carbocycles. The van der Waals surface area contributed by atoms with Crippen molar-refractivity contribution in [2.75, 3.05) is 12.9 Å². The van der Waals surface area contributed by atoms with Gasteiger partial charge in [-0.1, -0.05) is 6.07 Å². The molecule has 132 valence electrons. The fourth-order valence-electron chi connectivity index (χ4n) is 3.05. The van der Waals surface area contributed by atoms with Crippen molar-refractivity contribution in [3.8, 4) is 0 Å². The van der Waals surface area contributed by atoms with Gasteiger partial charge in [0, 0.05) is 18.3 Å². The van der Waals surface area contributed by atoms with Crippen LogP contribution in [0.25, 0.3) is 0 Å². The molecule has 1 fully saturated rings. The quantitative estimate of drug-likeness (QED) is 0.774. The van der Waals surface area contributed by atoms with Crippen LogP contribution in [0.1, 0.15) is 43.5 Å². The van der Waals surface area contributed by atoms with Crippen molar-refractivity contribution in [2.45, 2.75) is 50.1 Å². The van der Waals surface area contributed by atoms with Crippen molar-refractivity contribution < 1.29 is 22.7 Å². The molecule has 1 amide bonds. The Hall–Kier alpha value is -1.89. The first kappa shape index (κ1) is 18.4. The monoisotopic (exact) mass is 353 g/mol. The number of hydrogen-bond donors (Lipinski definition) is 0. The van der Waals surface area contributed by atoms with E-state index in [1.165, 1.54) is 24.3 Å². The van der Waals surface area contributed by atoms with Gasteiger partial charge in [-0.3, -0.25) is 4.79 Å². The summed E-state index contributed by atoms with van der Waals surface area (Å²) in [6, 6.07) is 5.88. The number of hydrogen-bond acceptors (Lipinski definition) is 5. The Morgan fingerprint density at radius 3 is 2.42 bits per heavy atom. The van der Waals surface area contributed by atoms with Crippen LogP contribution in [-0.4, -0.2) is 50.1 Å². The zero-order chi connectivity index (χ0) is 17.9. The molecule has 1 aliphatic heterocycles. The molecule has 1 aromatic carbocycles. The number of amides is 1. The summed E-state index contributed by atoms with van der Waals surface area (Å²) >= 11 is 0. The summed E-state index contributed by atoms with van der Waals surface area (Å²) in [4.78, 5) is 26.2. The molecule has 1 aliphatic rings. The standard InChI is InChI=1S/C17H23NO5S/c1-12-6-4-7-13(2)18(12)16(19)11-23-17(20)14-8-5-9-15(10-14)24(3,21)22/h5,8-10,12-13H,4,6-7,11H2,1-3H3/t12-,13+. The maximum Gasteiger partial charge on any atom is 0.338 e. The lowest BCUT2D eigenvalue weighted by Crippen LogP contribution is -2.49. The Morgan fingerprint density at radius 1 is 1.21 bits per heavy atom. The van der Waals surface area contributed by atoms with Crippen LogP contribution >= 0.6 is 0 Å². The predicted octanol–water partition coefficient (Wildman–Crippen LogP) is 2.04. The topological polar surface area (TPSA) is 80.8 Å². The highest BCUT2D eigenvalue weighted by Crippen LogP contribution is 2.22. The van der Waals surface area contributed by atoms with Crippen LogP contribution in [0.5, 0.6) is 0 Å². The van der Waals surface area contributed by atoms with E-state index in [0.29, 0.717) is 0 Å². The van der Waals surface area contributed by atoms with Gasteiger partial charge in [-0.2, -0.15) is 0 Å². The van der Waals surface area contributed by atoms with E-state index in [4.69, 9.17) is 4.74 Å². The molecular formula is C17H23NO5S. The van der Waals surface area contributed by atoms with E-state index in [2.05, 4.69) is 0 Å². The number of likely N-dealkylation sites (tertiary alicyclic amines) is 1. The van der Waals surface area contributed by atoms with Gasteiger partial charge in [-0.05, 0) is 51.3 Å². The summed E-state index contributed by atoms with van der Waals surface area (Å²) in [5, 5.41) is 0. The molecule has 2 atom stereocenters. The van der Waals surface area contributed by atoms with Crippen molar-refractivity contribution in [2.24, 2.45) is 0 Å². The smallest absolute Gasteiger partial charge is 0.338 e. The summed E-state index contributed by atoms with van der Waals surface area (Å²) in [5.74, 6) is -0.923. The number of nitrogens with zero attached hydrogens (tertiary/aromatic N) is 1. The van der Waals surface area contributed by atoms with Gasteiger partial charge < -0.3 is 9.64 Å². The van der Waals surface area contributed by atoms with Crippen LogP contribution in [-0.2, 0) is 19.4 Å². The molecule has 6 nitrogen and oxygen atoms in total. The number of piperidine rings is 1. The number of rotatable bonds is 4. The van der Waals surface area contributed by atoms with Crippen LogP contribution in [0.15, 0.2) is 29.2 Å². The van der Waals surface area contributed by atoms with Crippen molar-refractivity contribution in [1.82, 2.24) is 4.90 Å². The number of ether oxygens (including phenoxy) is 1. The minimum Gasteiger partial charge on any atom is -0.452 e. The van der Waals surface area contributed by atoms with Gasteiger partial charge in [0.1, 0.15) is 0 Å². The minimum atomic E-state index is -3.40. The molecule has 0 N–H and O–H groups in total. The number of benzene rings is 1. The van der Waals surface area contributed by atoms with Gasteiger partial charge in [0.25, 0.3) is 5.91 Å². The van der Waals surface area contributed by atoms with Crippen molar-refractivity contribution >= 4 is 21.7 Å². The molecule has 2 rings (SSSR count). The van der Waals surface area contributed by atoms with E-state index in [0.717, 1.165) is 25.5 Å². The van der Waals surface area contributed by atoms with Crippen LogP contribution in [0.3, 0.4) is 0 Å². The van der Waals surface area contributed by atoms with Gasteiger partial charge >= 0.3 is 5.97 Å². The Kier molecular flexibility index (Phi) is 5.64. The first-order valence-electron chi connectivity index (χ1n) is 7.98. The Bertz CT molecular complexity index is 718. The van der Waals surface area contributed by atoms with E-state index < -0.39 is 15.8 Å². The maximum absolute atomic E-state index is 12.3. The maximum atomic E-state index is 12.3. The van der Waals surface area contributed by atoms with Crippen LogP contribution in [0.2, 0.25) is 0 Å². The Morgan fingerprint density at radius 2 is 1.83 bits per heavy atom. The second-order valence-corrected chi connectivity index (χ2v) is 8.32. The van der Waals surface area contributed by atoms with Gasteiger partial charge in [-0.25, -0.2) is 13.2 Å². The third-order valence-corrected chi connectivity index (χ3v) is 5.42. The largest absolute Gasteiger partial charge is 0.452 e. The van der Waals surface area contributed by atoms with Gasteiger partial charge in [-0.15, -0.1) is 0 Å². The third-order valence-electron chi connectivity index (χ3n) is 4.31. The third kappa shape index (κ3) is 4.35. The lowest BCUT2D eigenvalue weighted by Gasteiger charge is -2.38. The predicted molar refractivity (Wildman–Crippen MR) is 89.5 cm³/mol. The van der Waals surface area contributed by atoms with E-state index in [1.54, 1.807) is 4.90 Å².